The molecule has 104 valence electrons. The minimum absolute atomic E-state index is 0.243. The van der Waals surface area contributed by atoms with Crippen molar-refractivity contribution in [1.29, 1.82) is 0 Å². The molecule has 1 heterocycles. The Morgan fingerprint density at radius 3 is 2.37 bits per heavy atom. The minimum Gasteiger partial charge on any atom is -0.399 e. The maximum atomic E-state index is 12.2. The second kappa shape index (κ2) is 6.09. The highest BCUT2D eigenvalue weighted by atomic mass is 16.2. The molecule has 0 atom stereocenters. The van der Waals surface area contributed by atoms with Gasteiger partial charge in [0, 0.05) is 18.8 Å². The van der Waals surface area contributed by atoms with Crippen molar-refractivity contribution in [2.75, 3.05) is 18.8 Å². The monoisotopic (exact) mass is 260 g/mol. The predicted molar refractivity (Wildman–Crippen MR) is 78.7 cm³/mol. The summed E-state index contributed by atoms with van der Waals surface area (Å²) in [5, 5.41) is 0. The molecule has 2 rings (SSSR count). The molecule has 1 aliphatic heterocycles. The molecule has 0 aliphatic carbocycles. The second-order valence-electron chi connectivity index (χ2n) is 5.88. The molecule has 0 spiro atoms. The molecule has 3 heteroatoms. The van der Waals surface area contributed by atoms with E-state index >= 15 is 0 Å². The van der Waals surface area contributed by atoms with Crippen LogP contribution in [0.15, 0.2) is 24.3 Å². The van der Waals surface area contributed by atoms with Crippen molar-refractivity contribution >= 4 is 11.6 Å². The summed E-state index contributed by atoms with van der Waals surface area (Å²) in [4.78, 5) is 14.2. The van der Waals surface area contributed by atoms with Crippen molar-refractivity contribution < 1.29 is 4.79 Å². The summed E-state index contributed by atoms with van der Waals surface area (Å²) < 4.78 is 0. The van der Waals surface area contributed by atoms with Gasteiger partial charge in [-0.3, -0.25) is 4.79 Å². The lowest BCUT2D eigenvalue weighted by molar-refractivity contribution is -0.132. The van der Waals surface area contributed by atoms with E-state index in [9.17, 15) is 4.79 Å². The first-order valence-corrected chi connectivity index (χ1v) is 7.18. The number of anilines is 1. The molecule has 2 N–H and O–H groups in total. The average Bonchev–Trinajstić information content (AvgIpc) is 2.41. The number of hydrogen-bond acceptors (Lipinski definition) is 2. The Bertz CT molecular complexity index is 417. The number of carbonyl (C=O) groups is 1. The number of piperidine rings is 1. The lowest BCUT2D eigenvalue weighted by Crippen LogP contribution is -2.40. The fourth-order valence-electron chi connectivity index (χ4n) is 2.74. The van der Waals surface area contributed by atoms with Crippen LogP contribution in [0, 0.1) is 11.8 Å². The van der Waals surface area contributed by atoms with Crippen molar-refractivity contribution in [1.82, 2.24) is 4.90 Å². The lowest BCUT2D eigenvalue weighted by Gasteiger charge is -2.34. The van der Waals surface area contributed by atoms with E-state index < -0.39 is 0 Å². The zero-order chi connectivity index (χ0) is 13.8. The fourth-order valence-corrected chi connectivity index (χ4v) is 2.74. The number of nitrogens with zero attached hydrogens (tertiary/aromatic N) is 1. The van der Waals surface area contributed by atoms with Crippen molar-refractivity contribution in [2.24, 2.45) is 11.8 Å². The van der Waals surface area contributed by atoms with Gasteiger partial charge in [0.15, 0.2) is 0 Å². The van der Waals surface area contributed by atoms with Gasteiger partial charge in [-0.15, -0.1) is 0 Å². The summed E-state index contributed by atoms with van der Waals surface area (Å²) >= 11 is 0. The summed E-state index contributed by atoms with van der Waals surface area (Å²) in [6, 6.07) is 7.59. The molecule has 1 aromatic carbocycles. The fraction of sp³-hybridized carbons (Fsp3) is 0.562. The van der Waals surface area contributed by atoms with Gasteiger partial charge in [0.2, 0.25) is 5.91 Å². The van der Waals surface area contributed by atoms with E-state index in [2.05, 4.69) is 13.8 Å². The Labute approximate surface area is 115 Å². The molecule has 19 heavy (non-hydrogen) atoms. The van der Waals surface area contributed by atoms with Crippen molar-refractivity contribution in [3.8, 4) is 0 Å². The zero-order valence-electron chi connectivity index (χ0n) is 11.9. The Kier molecular flexibility index (Phi) is 4.46. The standard InChI is InChI=1S/C16H24N2O/c1-12(2)14-7-9-18(10-8-14)16(19)11-13-3-5-15(17)6-4-13/h3-6,12,14H,7-11,17H2,1-2H3. The van der Waals surface area contributed by atoms with Gasteiger partial charge < -0.3 is 10.6 Å². The van der Waals surface area contributed by atoms with Gasteiger partial charge in [-0.25, -0.2) is 0 Å². The summed E-state index contributed by atoms with van der Waals surface area (Å²) in [6.45, 7) is 6.38. The largest absolute Gasteiger partial charge is 0.399 e. The number of nitrogen functional groups attached to an aromatic ring is 1. The number of rotatable bonds is 3. The van der Waals surface area contributed by atoms with Gasteiger partial charge in [0.25, 0.3) is 0 Å². The van der Waals surface area contributed by atoms with Gasteiger partial charge in [-0.2, -0.15) is 0 Å². The highest BCUT2D eigenvalue weighted by molar-refractivity contribution is 5.79. The minimum atomic E-state index is 0.243. The van der Waals surface area contributed by atoms with Crippen molar-refractivity contribution in [3.05, 3.63) is 29.8 Å². The van der Waals surface area contributed by atoms with Gasteiger partial charge in [0.05, 0.1) is 6.42 Å². The van der Waals surface area contributed by atoms with E-state index in [1.54, 1.807) is 0 Å². The average molecular weight is 260 g/mol. The Hall–Kier alpha value is -1.51. The molecule has 0 saturated carbocycles. The Morgan fingerprint density at radius 1 is 1.26 bits per heavy atom. The first kappa shape index (κ1) is 13.9. The van der Waals surface area contributed by atoms with E-state index in [1.807, 2.05) is 29.2 Å². The van der Waals surface area contributed by atoms with Crippen LogP contribution in [0.2, 0.25) is 0 Å². The van der Waals surface area contributed by atoms with E-state index in [-0.39, 0.29) is 5.91 Å². The number of benzene rings is 1. The lowest BCUT2D eigenvalue weighted by atomic mass is 9.86. The summed E-state index contributed by atoms with van der Waals surface area (Å²) in [6.07, 6.45) is 2.78. The maximum absolute atomic E-state index is 12.2. The summed E-state index contributed by atoms with van der Waals surface area (Å²) in [7, 11) is 0. The number of nitrogens with two attached hydrogens (primary N) is 1. The molecule has 0 radical (unpaired) electrons. The zero-order valence-corrected chi connectivity index (χ0v) is 11.9. The first-order valence-electron chi connectivity index (χ1n) is 7.18. The molecule has 3 nitrogen and oxygen atoms in total. The summed E-state index contributed by atoms with van der Waals surface area (Å²) in [5.41, 5.74) is 7.44. The van der Waals surface area contributed by atoms with Crippen LogP contribution < -0.4 is 5.73 Å². The Morgan fingerprint density at radius 2 is 1.84 bits per heavy atom. The highest BCUT2D eigenvalue weighted by Gasteiger charge is 2.24. The number of amides is 1. The second-order valence-corrected chi connectivity index (χ2v) is 5.88. The third-order valence-electron chi connectivity index (χ3n) is 4.17. The van der Waals surface area contributed by atoms with Gasteiger partial charge in [0.1, 0.15) is 0 Å². The molecule has 0 bridgehead atoms. The quantitative estimate of drug-likeness (QED) is 0.849. The smallest absolute Gasteiger partial charge is 0.226 e. The number of likely N-dealkylation sites (tertiary alicyclic amines) is 1. The molecule has 1 aliphatic rings. The van der Waals surface area contributed by atoms with E-state index in [0.29, 0.717) is 6.42 Å². The number of carbonyl (C=O) groups excluding carboxylic acids is 1. The van der Waals surface area contributed by atoms with Crippen LogP contribution in [-0.2, 0) is 11.2 Å². The third-order valence-corrected chi connectivity index (χ3v) is 4.17. The molecule has 1 aromatic rings. The van der Waals surface area contributed by atoms with Crippen LogP contribution in [-0.4, -0.2) is 23.9 Å². The van der Waals surface area contributed by atoms with Gasteiger partial charge in [-0.1, -0.05) is 26.0 Å². The molecular formula is C16H24N2O. The molecule has 1 amide bonds. The third kappa shape index (κ3) is 3.72. The van der Waals surface area contributed by atoms with Crippen molar-refractivity contribution in [2.45, 2.75) is 33.1 Å². The topological polar surface area (TPSA) is 46.3 Å². The molecule has 1 fully saturated rings. The summed E-state index contributed by atoms with van der Waals surface area (Å²) in [5.74, 6) is 1.75. The first-order chi connectivity index (χ1) is 9.06. The van der Waals surface area contributed by atoms with Crippen LogP contribution in [0.3, 0.4) is 0 Å². The van der Waals surface area contributed by atoms with Crippen LogP contribution in [0.5, 0.6) is 0 Å². The molecule has 1 saturated heterocycles. The van der Waals surface area contributed by atoms with Crippen LogP contribution in [0.25, 0.3) is 0 Å². The van der Waals surface area contributed by atoms with E-state index in [1.165, 1.54) is 0 Å². The predicted octanol–water partition coefficient (Wildman–Crippen LogP) is 2.71. The molecule has 0 aromatic heterocycles. The van der Waals surface area contributed by atoms with Gasteiger partial charge >= 0.3 is 0 Å². The SMILES string of the molecule is CC(C)C1CCN(C(=O)Cc2ccc(N)cc2)CC1. The molecule has 0 unspecified atom stereocenters. The van der Waals surface area contributed by atoms with Crippen LogP contribution in [0.1, 0.15) is 32.3 Å². The van der Waals surface area contributed by atoms with E-state index in [0.717, 1.165) is 49.0 Å². The Balaban J connectivity index is 1.86. The van der Waals surface area contributed by atoms with Crippen LogP contribution >= 0.6 is 0 Å². The van der Waals surface area contributed by atoms with Gasteiger partial charge in [-0.05, 0) is 42.4 Å². The van der Waals surface area contributed by atoms with E-state index in [4.69, 9.17) is 5.73 Å². The molecular weight excluding hydrogens is 236 g/mol. The normalized spacial score (nSPS) is 16.9. The van der Waals surface area contributed by atoms with Crippen molar-refractivity contribution in [3.63, 3.8) is 0 Å². The van der Waals surface area contributed by atoms with Crippen LogP contribution in [0.4, 0.5) is 5.69 Å². The maximum Gasteiger partial charge on any atom is 0.226 e. The highest BCUT2D eigenvalue weighted by Crippen LogP contribution is 2.24. The number of hydrogen-bond donors (Lipinski definition) is 1.